The average molecular weight is 298 g/mol. The molecule has 8 heteroatoms. The van der Waals surface area contributed by atoms with Gasteiger partial charge in [0.2, 0.25) is 5.91 Å². The van der Waals surface area contributed by atoms with E-state index >= 15 is 0 Å². The van der Waals surface area contributed by atoms with E-state index in [4.69, 9.17) is 15.2 Å². The summed E-state index contributed by atoms with van der Waals surface area (Å²) in [7, 11) is 0. The van der Waals surface area contributed by atoms with Crippen molar-refractivity contribution in [2.24, 2.45) is 5.73 Å². The molecule has 21 heavy (non-hydrogen) atoms. The van der Waals surface area contributed by atoms with Crippen LogP contribution >= 0.6 is 0 Å². The first kappa shape index (κ1) is 15.5. The lowest BCUT2D eigenvalue weighted by atomic mass is 10.1. The number of carbonyl (C=O) groups excluding carboxylic acids is 2. The van der Waals surface area contributed by atoms with E-state index in [1.165, 1.54) is 18.0 Å². The lowest BCUT2D eigenvalue weighted by Gasteiger charge is -2.28. The predicted octanol–water partition coefficient (Wildman–Crippen LogP) is -1.42. The molecule has 0 spiro atoms. The van der Waals surface area contributed by atoms with E-state index in [1.807, 2.05) is 0 Å². The molecule has 2 heterocycles. The molecule has 0 aromatic carbocycles. The number of hydrogen-bond donors (Lipinski definition) is 3. The maximum Gasteiger partial charge on any atom is 0.302 e. The Hall–Kier alpha value is -1.90. The summed E-state index contributed by atoms with van der Waals surface area (Å²) in [5, 5.41) is 20.0. The summed E-state index contributed by atoms with van der Waals surface area (Å²) in [6, 6.07) is 0. The Morgan fingerprint density at radius 2 is 2.19 bits per heavy atom. The Labute approximate surface area is 121 Å². The molecule has 2 aliphatic rings. The fourth-order valence-corrected chi connectivity index (χ4v) is 2.21. The third-order valence-corrected chi connectivity index (χ3v) is 3.32. The van der Waals surface area contributed by atoms with Crippen LogP contribution in [0.15, 0.2) is 24.0 Å². The van der Waals surface area contributed by atoms with Gasteiger partial charge >= 0.3 is 5.97 Å². The molecule has 0 unspecified atom stereocenters. The minimum Gasteiger partial charge on any atom is -0.463 e. The Balaban J connectivity index is 2.06. The summed E-state index contributed by atoms with van der Waals surface area (Å²) in [4.78, 5) is 23.4. The van der Waals surface area contributed by atoms with Gasteiger partial charge in [0.15, 0.2) is 6.23 Å². The molecule has 4 N–H and O–H groups in total. The summed E-state index contributed by atoms with van der Waals surface area (Å²) in [6.45, 7) is 1.08. The zero-order valence-electron chi connectivity index (χ0n) is 11.5. The molecule has 1 saturated heterocycles. The minimum atomic E-state index is -1.21. The maximum atomic E-state index is 11.2. The molecule has 0 bridgehead atoms. The monoisotopic (exact) mass is 298 g/mol. The van der Waals surface area contributed by atoms with Gasteiger partial charge in [-0.3, -0.25) is 9.59 Å². The van der Waals surface area contributed by atoms with E-state index in [9.17, 15) is 19.8 Å². The van der Waals surface area contributed by atoms with E-state index in [0.29, 0.717) is 12.0 Å². The van der Waals surface area contributed by atoms with Crippen LogP contribution in [0, 0.1) is 0 Å². The SMILES string of the molecule is CC(=O)OC[C@H]1O[C@@H](N2C=CCC(C(N)=O)=C2)[C@H](O)[C@@H]1O. The molecule has 1 fully saturated rings. The van der Waals surface area contributed by atoms with Crippen molar-refractivity contribution in [3.05, 3.63) is 24.0 Å². The lowest BCUT2D eigenvalue weighted by molar-refractivity contribution is -0.147. The third-order valence-electron chi connectivity index (χ3n) is 3.32. The van der Waals surface area contributed by atoms with Crippen LogP contribution in [-0.4, -0.2) is 58.1 Å². The van der Waals surface area contributed by atoms with Crippen LogP contribution in [0.25, 0.3) is 0 Å². The molecule has 8 nitrogen and oxygen atoms in total. The summed E-state index contributed by atoms with van der Waals surface area (Å²) in [5.41, 5.74) is 5.59. The van der Waals surface area contributed by atoms with Crippen LogP contribution in [-0.2, 0) is 19.1 Å². The second-order valence-corrected chi connectivity index (χ2v) is 4.90. The number of allylic oxidation sites excluding steroid dienone is 1. The van der Waals surface area contributed by atoms with Gasteiger partial charge in [0, 0.05) is 24.9 Å². The zero-order valence-corrected chi connectivity index (χ0v) is 11.5. The highest BCUT2D eigenvalue weighted by Crippen LogP contribution is 2.27. The largest absolute Gasteiger partial charge is 0.463 e. The highest BCUT2D eigenvalue weighted by atomic mass is 16.6. The van der Waals surface area contributed by atoms with Crippen molar-refractivity contribution < 1.29 is 29.3 Å². The normalized spacial score (nSPS) is 32.0. The molecule has 0 aliphatic carbocycles. The number of aliphatic hydroxyl groups excluding tert-OH is 2. The molecule has 1 amide bonds. The quantitative estimate of drug-likeness (QED) is 0.545. The van der Waals surface area contributed by atoms with Gasteiger partial charge in [0.1, 0.15) is 24.9 Å². The lowest BCUT2D eigenvalue weighted by Crippen LogP contribution is -2.40. The number of aliphatic hydroxyl groups is 2. The maximum absolute atomic E-state index is 11.2. The number of amides is 1. The highest BCUT2D eigenvalue weighted by Gasteiger charge is 2.45. The highest BCUT2D eigenvalue weighted by molar-refractivity contribution is 5.92. The van der Waals surface area contributed by atoms with E-state index in [2.05, 4.69) is 0 Å². The van der Waals surface area contributed by atoms with Crippen LogP contribution in [0.5, 0.6) is 0 Å². The molecule has 2 rings (SSSR count). The van der Waals surface area contributed by atoms with Gasteiger partial charge in [-0.25, -0.2) is 0 Å². The second kappa shape index (κ2) is 6.25. The number of rotatable bonds is 4. The number of nitrogens with zero attached hydrogens (tertiary/aromatic N) is 1. The van der Waals surface area contributed by atoms with Gasteiger partial charge in [-0.05, 0) is 6.42 Å². The molecule has 0 aromatic rings. The van der Waals surface area contributed by atoms with Gasteiger partial charge in [-0.1, -0.05) is 6.08 Å². The van der Waals surface area contributed by atoms with E-state index in [0.717, 1.165) is 0 Å². The number of primary amides is 1. The molecule has 116 valence electrons. The second-order valence-electron chi connectivity index (χ2n) is 4.90. The molecule has 4 atom stereocenters. The average Bonchev–Trinajstić information content (AvgIpc) is 2.73. The van der Waals surface area contributed by atoms with E-state index in [1.54, 1.807) is 12.3 Å². The van der Waals surface area contributed by atoms with Crippen molar-refractivity contribution >= 4 is 11.9 Å². The van der Waals surface area contributed by atoms with Gasteiger partial charge < -0.3 is 30.3 Å². The van der Waals surface area contributed by atoms with E-state index < -0.39 is 36.4 Å². The van der Waals surface area contributed by atoms with Crippen LogP contribution in [0.2, 0.25) is 0 Å². The Morgan fingerprint density at radius 1 is 1.48 bits per heavy atom. The molecular formula is C13H18N2O6. The minimum absolute atomic E-state index is 0.159. The molecule has 0 aromatic heterocycles. The number of ether oxygens (including phenoxy) is 2. The zero-order chi connectivity index (χ0) is 15.6. The fraction of sp³-hybridized carbons (Fsp3) is 0.538. The first-order valence-electron chi connectivity index (χ1n) is 6.49. The number of carbonyl (C=O) groups is 2. The summed E-state index contributed by atoms with van der Waals surface area (Å²) in [6.07, 6.45) is 1.06. The first-order chi connectivity index (χ1) is 9.90. The standard InChI is InChI=1S/C13H18N2O6/c1-7(16)20-6-9-10(17)11(18)13(21-9)15-4-2-3-8(5-15)12(14)19/h2,4-5,9-11,13,17-18H,3,6H2,1H3,(H2,14,19)/t9-,10-,11-,13-/m1/s1. The van der Waals surface area contributed by atoms with Crippen molar-refractivity contribution in [2.45, 2.75) is 37.9 Å². The van der Waals surface area contributed by atoms with E-state index in [-0.39, 0.29) is 6.61 Å². The van der Waals surface area contributed by atoms with Gasteiger partial charge in [-0.15, -0.1) is 0 Å². The van der Waals surface area contributed by atoms with Crippen molar-refractivity contribution in [3.8, 4) is 0 Å². The van der Waals surface area contributed by atoms with Crippen molar-refractivity contribution in [2.75, 3.05) is 6.61 Å². The van der Waals surface area contributed by atoms with Gasteiger partial charge in [0.05, 0.1) is 0 Å². The molecule has 2 aliphatic heterocycles. The summed E-state index contributed by atoms with van der Waals surface area (Å²) >= 11 is 0. The molecule has 0 saturated carbocycles. The van der Waals surface area contributed by atoms with Crippen LogP contribution in [0.1, 0.15) is 13.3 Å². The van der Waals surface area contributed by atoms with Crippen molar-refractivity contribution in [1.82, 2.24) is 4.90 Å². The molecule has 0 radical (unpaired) electrons. The topological polar surface area (TPSA) is 122 Å². The van der Waals surface area contributed by atoms with Gasteiger partial charge in [-0.2, -0.15) is 0 Å². The fourth-order valence-electron chi connectivity index (χ4n) is 2.21. The van der Waals surface area contributed by atoms with Crippen LogP contribution < -0.4 is 5.73 Å². The van der Waals surface area contributed by atoms with Crippen molar-refractivity contribution in [1.29, 1.82) is 0 Å². The summed E-state index contributed by atoms with van der Waals surface area (Å²) in [5.74, 6) is -1.06. The van der Waals surface area contributed by atoms with Crippen LogP contribution in [0.3, 0.4) is 0 Å². The Kier molecular flexibility index (Phi) is 4.61. The third kappa shape index (κ3) is 3.41. The summed E-state index contributed by atoms with van der Waals surface area (Å²) < 4.78 is 10.3. The Morgan fingerprint density at radius 3 is 2.81 bits per heavy atom. The first-order valence-corrected chi connectivity index (χ1v) is 6.49. The van der Waals surface area contributed by atoms with Crippen LogP contribution in [0.4, 0.5) is 0 Å². The number of nitrogens with two attached hydrogens (primary N) is 1. The van der Waals surface area contributed by atoms with Gasteiger partial charge in [0.25, 0.3) is 0 Å². The number of esters is 1. The Bertz CT molecular complexity index is 489. The molecular weight excluding hydrogens is 280 g/mol. The van der Waals surface area contributed by atoms with Crippen molar-refractivity contribution in [3.63, 3.8) is 0 Å². The predicted molar refractivity (Wildman–Crippen MR) is 70.2 cm³/mol. The smallest absolute Gasteiger partial charge is 0.302 e. The number of hydrogen-bond acceptors (Lipinski definition) is 7.